The quantitative estimate of drug-likeness (QED) is 0.333. The molecule has 0 aromatic heterocycles. The molecule has 7 nitrogen and oxygen atoms in total. The summed E-state index contributed by atoms with van der Waals surface area (Å²) in [6, 6.07) is 11.1. The number of hydrogen-bond donors (Lipinski definition) is 1. The van der Waals surface area contributed by atoms with E-state index in [0.717, 1.165) is 3.57 Å². The van der Waals surface area contributed by atoms with Gasteiger partial charge in [-0.25, -0.2) is 4.79 Å². The number of benzene rings is 2. The third kappa shape index (κ3) is 4.51. The first-order chi connectivity index (χ1) is 11.4. The lowest BCUT2D eigenvalue weighted by molar-refractivity contribution is -0.385. The number of nitro groups is 1. The molecule has 2 rings (SSSR count). The summed E-state index contributed by atoms with van der Waals surface area (Å²) in [6.45, 7) is 1.05. The number of carbonyl (C=O) groups excluding carboxylic acids is 2. The molecule has 0 bridgehead atoms. The Morgan fingerprint density at radius 1 is 1.21 bits per heavy atom. The number of halogens is 1. The van der Waals surface area contributed by atoms with Gasteiger partial charge in [0.05, 0.1) is 21.7 Å². The van der Waals surface area contributed by atoms with Crippen LogP contribution in [0.25, 0.3) is 0 Å². The van der Waals surface area contributed by atoms with E-state index in [4.69, 9.17) is 4.74 Å². The molecule has 0 fully saturated rings. The Morgan fingerprint density at radius 3 is 2.50 bits per heavy atom. The van der Waals surface area contributed by atoms with Gasteiger partial charge in [0.1, 0.15) is 0 Å². The zero-order valence-electron chi connectivity index (χ0n) is 12.6. The minimum atomic E-state index is -0.614. The summed E-state index contributed by atoms with van der Waals surface area (Å²) in [4.78, 5) is 34.1. The molecule has 0 aliphatic rings. The summed E-state index contributed by atoms with van der Waals surface area (Å²) < 4.78 is 5.91. The van der Waals surface area contributed by atoms with Crippen molar-refractivity contribution < 1.29 is 19.2 Å². The Hall–Kier alpha value is -2.49. The molecular weight excluding hydrogens is 427 g/mol. The molecule has 0 saturated heterocycles. The summed E-state index contributed by atoms with van der Waals surface area (Å²) in [7, 11) is 0. The lowest BCUT2D eigenvalue weighted by Gasteiger charge is -2.09. The summed E-state index contributed by atoms with van der Waals surface area (Å²) >= 11 is 2.11. The van der Waals surface area contributed by atoms with Crippen LogP contribution in [-0.4, -0.2) is 23.4 Å². The predicted octanol–water partition coefficient (Wildman–Crippen LogP) is 3.30. The highest BCUT2D eigenvalue weighted by atomic mass is 127. The lowest BCUT2D eigenvalue weighted by atomic mass is 10.1. The molecule has 0 heterocycles. The highest BCUT2D eigenvalue weighted by Gasteiger charge is 2.16. The van der Waals surface area contributed by atoms with Gasteiger partial charge >= 0.3 is 5.97 Å². The van der Waals surface area contributed by atoms with Gasteiger partial charge in [-0.3, -0.25) is 14.9 Å². The maximum Gasteiger partial charge on any atom is 0.338 e. The average Bonchev–Trinajstić information content (AvgIpc) is 2.55. The molecule has 0 spiro atoms. The number of rotatable bonds is 5. The number of nitro benzene ring substituents is 1. The molecule has 24 heavy (non-hydrogen) atoms. The van der Waals surface area contributed by atoms with Crippen molar-refractivity contribution in [2.75, 3.05) is 11.9 Å². The van der Waals surface area contributed by atoms with E-state index in [0.29, 0.717) is 16.8 Å². The van der Waals surface area contributed by atoms with Crippen LogP contribution in [0.5, 0.6) is 0 Å². The second kappa shape index (κ2) is 7.86. The standard InChI is InChI=1S/C16H13IN2O5/c1-10-13(3-2-4-14(10)19(22)23)18-15(20)9-24-16(21)11-5-7-12(17)8-6-11/h2-8H,9H2,1H3,(H,18,20). The number of nitrogens with one attached hydrogen (secondary N) is 1. The molecule has 0 saturated carbocycles. The van der Waals surface area contributed by atoms with Gasteiger partial charge in [-0.15, -0.1) is 0 Å². The van der Waals surface area contributed by atoms with Crippen LogP contribution in [0.3, 0.4) is 0 Å². The first-order valence-electron chi connectivity index (χ1n) is 6.85. The fourth-order valence-corrected chi connectivity index (χ4v) is 2.30. The van der Waals surface area contributed by atoms with E-state index in [1.807, 2.05) is 0 Å². The Morgan fingerprint density at radius 2 is 1.88 bits per heavy atom. The van der Waals surface area contributed by atoms with Crippen molar-refractivity contribution in [1.82, 2.24) is 0 Å². The maximum absolute atomic E-state index is 11.9. The van der Waals surface area contributed by atoms with Crippen molar-refractivity contribution >= 4 is 45.8 Å². The van der Waals surface area contributed by atoms with E-state index >= 15 is 0 Å². The highest BCUT2D eigenvalue weighted by Crippen LogP contribution is 2.24. The van der Waals surface area contributed by atoms with Gasteiger partial charge in [-0.05, 0) is 59.8 Å². The Kier molecular flexibility index (Phi) is 5.85. The minimum absolute atomic E-state index is 0.0938. The van der Waals surface area contributed by atoms with E-state index in [9.17, 15) is 19.7 Å². The molecule has 1 amide bonds. The van der Waals surface area contributed by atoms with Crippen molar-refractivity contribution in [2.45, 2.75) is 6.92 Å². The number of esters is 1. The molecule has 8 heteroatoms. The van der Waals surface area contributed by atoms with E-state index in [-0.39, 0.29) is 5.69 Å². The average molecular weight is 440 g/mol. The van der Waals surface area contributed by atoms with Crippen LogP contribution in [0, 0.1) is 20.6 Å². The van der Waals surface area contributed by atoms with Crippen molar-refractivity contribution in [2.24, 2.45) is 0 Å². The van der Waals surface area contributed by atoms with E-state index in [2.05, 4.69) is 27.9 Å². The van der Waals surface area contributed by atoms with Gasteiger partial charge < -0.3 is 10.1 Å². The second-order valence-electron chi connectivity index (χ2n) is 4.84. The van der Waals surface area contributed by atoms with Crippen LogP contribution in [0.2, 0.25) is 0 Å². The van der Waals surface area contributed by atoms with Crippen LogP contribution in [0.1, 0.15) is 15.9 Å². The summed E-state index contributed by atoms with van der Waals surface area (Å²) in [6.07, 6.45) is 0. The van der Waals surface area contributed by atoms with Crippen LogP contribution in [0.15, 0.2) is 42.5 Å². The number of ether oxygens (including phenoxy) is 1. The number of nitrogens with zero attached hydrogens (tertiary/aromatic N) is 1. The zero-order valence-corrected chi connectivity index (χ0v) is 14.8. The van der Waals surface area contributed by atoms with E-state index in [1.165, 1.54) is 19.1 Å². The second-order valence-corrected chi connectivity index (χ2v) is 6.08. The molecule has 0 aliphatic carbocycles. The summed E-state index contributed by atoms with van der Waals surface area (Å²) in [5.41, 5.74) is 0.887. The summed E-state index contributed by atoms with van der Waals surface area (Å²) in [5.74, 6) is -1.19. The van der Waals surface area contributed by atoms with Crippen LogP contribution < -0.4 is 5.32 Å². The molecule has 0 unspecified atom stereocenters. The van der Waals surface area contributed by atoms with Crippen LogP contribution >= 0.6 is 22.6 Å². The Labute approximate surface area is 151 Å². The fourth-order valence-electron chi connectivity index (χ4n) is 1.94. The zero-order chi connectivity index (χ0) is 17.7. The van der Waals surface area contributed by atoms with Gasteiger partial charge in [0.2, 0.25) is 0 Å². The number of hydrogen-bond acceptors (Lipinski definition) is 5. The van der Waals surface area contributed by atoms with Crippen molar-refractivity contribution in [3.8, 4) is 0 Å². The topological polar surface area (TPSA) is 98.5 Å². The monoisotopic (exact) mass is 440 g/mol. The molecule has 2 aromatic rings. The molecule has 124 valence electrons. The normalized spacial score (nSPS) is 10.1. The van der Waals surface area contributed by atoms with Crippen molar-refractivity contribution in [3.63, 3.8) is 0 Å². The number of amides is 1. The fraction of sp³-hybridized carbons (Fsp3) is 0.125. The molecule has 0 atom stereocenters. The maximum atomic E-state index is 11.9. The van der Waals surface area contributed by atoms with E-state index in [1.54, 1.807) is 30.3 Å². The number of anilines is 1. The lowest BCUT2D eigenvalue weighted by Crippen LogP contribution is -2.21. The van der Waals surface area contributed by atoms with Crippen LogP contribution in [-0.2, 0) is 9.53 Å². The van der Waals surface area contributed by atoms with Gasteiger partial charge in [0, 0.05) is 9.64 Å². The molecule has 2 aromatic carbocycles. The third-order valence-electron chi connectivity index (χ3n) is 3.19. The van der Waals surface area contributed by atoms with E-state index < -0.39 is 23.4 Å². The largest absolute Gasteiger partial charge is 0.452 e. The molecule has 1 N–H and O–H groups in total. The SMILES string of the molecule is Cc1c(NC(=O)COC(=O)c2ccc(I)cc2)cccc1[N+](=O)[O-]. The van der Waals surface area contributed by atoms with Gasteiger partial charge in [0.25, 0.3) is 11.6 Å². The minimum Gasteiger partial charge on any atom is -0.452 e. The highest BCUT2D eigenvalue weighted by molar-refractivity contribution is 14.1. The molecule has 0 radical (unpaired) electrons. The van der Waals surface area contributed by atoms with Crippen LogP contribution in [0.4, 0.5) is 11.4 Å². The Bertz CT molecular complexity index is 790. The first kappa shape index (κ1) is 17.9. The smallest absolute Gasteiger partial charge is 0.338 e. The summed E-state index contributed by atoms with van der Waals surface area (Å²) in [5, 5.41) is 13.4. The van der Waals surface area contributed by atoms with Gasteiger partial charge in [-0.2, -0.15) is 0 Å². The number of carbonyl (C=O) groups is 2. The third-order valence-corrected chi connectivity index (χ3v) is 3.91. The Balaban J connectivity index is 1.96. The van der Waals surface area contributed by atoms with Gasteiger partial charge in [-0.1, -0.05) is 6.07 Å². The molecular formula is C16H13IN2O5. The van der Waals surface area contributed by atoms with Gasteiger partial charge in [0.15, 0.2) is 6.61 Å². The van der Waals surface area contributed by atoms with Crippen molar-refractivity contribution in [3.05, 3.63) is 67.3 Å². The van der Waals surface area contributed by atoms with Crippen molar-refractivity contribution in [1.29, 1.82) is 0 Å². The first-order valence-corrected chi connectivity index (χ1v) is 7.93. The predicted molar refractivity (Wildman–Crippen MR) is 95.9 cm³/mol. The molecule has 0 aliphatic heterocycles.